The first-order chi connectivity index (χ1) is 15.4. The molecule has 1 aliphatic heterocycles. The Hall–Kier alpha value is -2.86. The molecule has 32 heavy (non-hydrogen) atoms. The Labute approximate surface area is 186 Å². The molecule has 166 valence electrons. The van der Waals surface area contributed by atoms with Gasteiger partial charge in [-0.15, -0.1) is 0 Å². The van der Waals surface area contributed by atoms with Crippen LogP contribution in [0.4, 0.5) is 4.39 Å². The maximum Gasteiger partial charge on any atom is 0.257 e. The van der Waals surface area contributed by atoms with Crippen LogP contribution in [0.2, 0.25) is 0 Å². The van der Waals surface area contributed by atoms with Crippen molar-refractivity contribution in [2.45, 2.75) is 65.0 Å². The van der Waals surface area contributed by atoms with Crippen LogP contribution in [0.1, 0.15) is 71.9 Å². The molecular formula is C26H27FN2O3. The minimum absolute atomic E-state index is 0.139. The third-order valence-electron chi connectivity index (χ3n) is 7.35. The summed E-state index contributed by atoms with van der Waals surface area (Å²) in [7, 11) is 1.55. The summed E-state index contributed by atoms with van der Waals surface area (Å²) >= 11 is 0. The quantitative estimate of drug-likeness (QED) is 0.425. The van der Waals surface area contributed by atoms with Crippen LogP contribution in [0.25, 0.3) is 22.3 Å². The van der Waals surface area contributed by atoms with Crippen LogP contribution >= 0.6 is 0 Å². The van der Waals surface area contributed by atoms with E-state index in [2.05, 4.69) is 6.92 Å². The number of methoxy groups -OCH3 is 1. The van der Waals surface area contributed by atoms with Crippen molar-refractivity contribution in [2.75, 3.05) is 7.11 Å². The van der Waals surface area contributed by atoms with Crippen molar-refractivity contribution < 1.29 is 13.9 Å². The van der Waals surface area contributed by atoms with Crippen LogP contribution in [0.3, 0.4) is 0 Å². The van der Waals surface area contributed by atoms with Gasteiger partial charge in [0.05, 0.1) is 30.1 Å². The zero-order valence-corrected chi connectivity index (χ0v) is 18.9. The number of aldehydes is 1. The first-order valence-corrected chi connectivity index (χ1v) is 11.3. The number of nitrogens with zero attached hydrogens (tertiary/aromatic N) is 2. The van der Waals surface area contributed by atoms with E-state index in [0.717, 1.165) is 41.3 Å². The Morgan fingerprint density at radius 1 is 1.34 bits per heavy atom. The molecule has 6 heteroatoms. The van der Waals surface area contributed by atoms with Crippen LogP contribution in [0.15, 0.2) is 16.9 Å². The van der Waals surface area contributed by atoms with Crippen LogP contribution in [-0.4, -0.2) is 22.9 Å². The van der Waals surface area contributed by atoms with E-state index >= 15 is 0 Å². The predicted molar refractivity (Wildman–Crippen MR) is 122 cm³/mol. The number of pyridine rings is 2. The van der Waals surface area contributed by atoms with Gasteiger partial charge in [0, 0.05) is 35.6 Å². The number of carbonyl (C=O) groups excluding carboxylic acids is 1. The Morgan fingerprint density at radius 3 is 2.81 bits per heavy atom. The molecule has 2 aromatic heterocycles. The van der Waals surface area contributed by atoms with E-state index in [1.54, 1.807) is 11.7 Å². The number of aryl methyl sites for hydroxylation is 1. The molecular weight excluding hydrogens is 407 g/mol. The summed E-state index contributed by atoms with van der Waals surface area (Å²) in [6.07, 6.45) is 3.26. The summed E-state index contributed by atoms with van der Waals surface area (Å²) in [5.41, 5.74) is 7.15. The Bertz CT molecular complexity index is 1340. The molecule has 2 aliphatic rings. The molecule has 0 saturated carbocycles. The zero-order chi connectivity index (χ0) is 22.7. The highest BCUT2D eigenvalue weighted by molar-refractivity contribution is 5.93. The molecule has 0 amide bonds. The number of halogens is 1. The number of carbonyl (C=O) groups is 1. The van der Waals surface area contributed by atoms with E-state index in [0.29, 0.717) is 46.8 Å². The highest BCUT2D eigenvalue weighted by Gasteiger charge is 2.33. The van der Waals surface area contributed by atoms with Gasteiger partial charge >= 0.3 is 0 Å². The standard InChI is InChI=1S/C26H27FN2O3/c1-5-15(11-30)17-8-22-25-18(10-29(22)26(31)19(17)12-32-4)23-13(2)6-7-16-14(3)20(27)9-21(28-25)24(16)23/h8-9,11,13,15H,5-7,10,12H2,1-4H3/t13-,15-/m0/s1. The number of aromatic nitrogens is 2. The SMILES string of the molecule is CC[C@@H](C=O)c1cc2n(c(=O)c1COC)Cc1c-2nc2cc(F)c(C)c3c2c1[C@@H](C)CC3. The van der Waals surface area contributed by atoms with Gasteiger partial charge in [0.1, 0.15) is 12.1 Å². The second-order valence-electron chi connectivity index (χ2n) is 9.09. The molecule has 3 heterocycles. The van der Waals surface area contributed by atoms with E-state index in [4.69, 9.17) is 9.72 Å². The third kappa shape index (κ3) is 2.82. The summed E-state index contributed by atoms with van der Waals surface area (Å²) in [4.78, 5) is 30.2. The third-order valence-corrected chi connectivity index (χ3v) is 7.35. The van der Waals surface area contributed by atoms with Crippen molar-refractivity contribution in [3.8, 4) is 11.4 Å². The normalized spacial score (nSPS) is 17.3. The topological polar surface area (TPSA) is 61.2 Å². The first-order valence-electron chi connectivity index (χ1n) is 11.3. The lowest BCUT2D eigenvalue weighted by Crippen LogP contribution is -2.26. The molecule has 0 bridgehead atoms. The summed E-state index contributed by atoms with van der Waals surface area (Å²) in [6, 6.07) is 3.45. The largest absolute Gasteiger partial charge is 0.380 e. The Kier molecular flexibility index (Phi) is 5.01. The lowest BCUT2D eigenvalue weighted by atomic mass is 9.79. The van der Waals surface area contributed by atoms with Crippen molar-refractivity contribution in [1.29, 1.82) is 0 Å². The summed E-state index contributed by atoms with van der Waals surface area (Å²) in [5.74, 6) is -0.320. The first kappa shape index (κ1) is 21.0. The lowest BCUT2D eigenvalue weighted by Gasteiger charge is -2.26. The molecule has 3 aromatic rings. The van der Waals surface area contributed by atoms with Crippen molar-refractivity contribution >= 4 is 17.2 Å². The van der Waals surface area contributed by atoms with Gasteiger partial charge in [-0.25, -0.2) is 9.37 Å². The van der Waals surface area contributed by atoms with Crippen molar-refractivity contribution in [2.24, 2.45) is 0 Å². The second kappa shape index (κ2) is 7.62. The van der Waals surface area contributed by atoms with Gasteiger partial charge in [0.2, 0.25) is 0 Å². The van der Waals surface area contributed by atoms with Crippen LogP contribution in [0, 0.1) is 12.7 Å². The van der Waals surface area contributed by atoms with E-state index in [9.17, 15) is 14.0 Å². The van der Waals surface area contributed by atoms with Crippen LogP contribution < -0.4 is 5.56 Å². The van der Waals surface area contributed by atoms with E-state index in [1.807, 2.05) is 19.9 Å². The molecule has 0 fully saturated rings. The summed E-state index contributed by atoms with van der Waals surface area (Å²) < 4.78 is 21.8. The van der Waals surface area contributed by atoms with E-state index < -0.39 is 0 Å². The van der Waals surface area contributed by atoms with Crippen molar-refractivity contribution in [3.05, 3.63) is 61.7 Å². The van der Waals surface area contributed by atoms with E-state index in [1.165, 1.54) is 11.6 Å². The van der Waals surface area contributed by atoms with Gasteiger partial charge in [-0.05, 0) is 60.4 Å². The van der Waals surface area contributed by atoms with E-state index in [-0.39, 0.29) is 23.9 Å². The van der Waals surface area contributed by atoms with Gasteiger partial charge < -0.3 is 14.1 Å². The second-order valence-corrected chi connectivity index (χ2v) is 9.09. The number of ether oxygens (including phenoxy) is 1. The van der Waals surface area contributed by atoms with Gasteiger partial charge in [-0.3, -0.25) is 4.79 Å². The highest BCUT2D eigenvalue weighted by Crippen LogP contribution is 2.45. The van der Waals surface area contributed by atoms with Gasteiger partial charge in [-0.2, -0.15) is 0 Å². The number of rotatable bonds is 5. The maximum atomic E-state index is 14.7. The molecule has 5 rings (SSSR count). The smallest absolute Gasteiger partial charge is 0.257 e. The number of hydrogen-bond acceptors (Lipinski definition) is 4. The lowest BCUT2D eigenvalue weighted by molar-refractivity contribution is -0.109. The Balaban J connectivity index is 1.85. The van der Waals surface area contributed by atoms with Crippen molar-refractivity contribution in [3.63, 3.8) is 0 Å². The average Bonchev–Trinajstić information content (AvgIpc) is 3.14. The maximum absolute atomic E-state index is 14.7. The molecule has 0 spiro atoms. The minimum Gasteiger partial charge on any atom is -0.380 e. The molecule has 0 radical (unpaired) electrons. The monoisotopic (exact) mass is 434 g/mol. The zero-order valence-electron chi connectivity index (χ0n) is 18.9. The Morgan fingerprint density at radius 2 is 2.12 bits per heavy atom. The highest BCUT2D eigenvalue weighted by atomic mass is 19.1. The summed E-state index contributed by atoms with van der Waals surface area (Å²) in [5, 5.41) is 1.05. The van der Waals surface area contributed by atoms with Crippen LogP contribution in [-0.2, 0) is 29.1 Å². The van der Waals surface area contributed by atoms with Gasteiger partial charge in [-0.1, -0.05) is 13.8 Å². The fourth-order valence-electron chi connectivity index (χ4n) is 5.60. The predicted octanol–water partition coefficient (Wildman–Crippen LogP) is 4.76. The minimum atomic E-state index is -0.382. The molecule has 5 nitrogen and oxygen atoms in total. The number of hydrogen-bond donors (Lipinski definition) is 0. The fraction of sp³-hybridized carbons (Fsp3) is 0.423. The average molecular weight is 435 g/mol. The summed E-state index contributed by atoms with van der Waals surface area (Å²) in [6.45, 7) is 6.56. The molecule has 0 unspecified atom stereocenters. The molecule has 1 aromatic carbocycles. The van der Waals surface area contributed by atoms with Crippen LogP contribution in [0.5, 0.6) is 0 Å². The fourth-order valence-corrected chi connectivity index (χ4v) is 5.60. The molecule has 0 N–H and O–H groups in total. The molecule has 1 aliphatic carbocycles. The molecule has 0 saturated heterocycles. The number of benzene rings is 1. The molecule has 2 atom stereocenters. The van der Waals surface area contributed by atoms with Gasteiger partial charge in [0.25, 0.3) is 5.56 Å². The number of fused-ring (bicyclic) bond motifs is 4. The van der Waals surface area contributed by atoms with Crippen molar-refractivity contribution in [1.82, 2.24) is 9.55 Å². The van der Waals surface area contributed by atoms with Gasteiger partial charge in [0.15, 0.2) is 0 Å².